The predicted molar refractivity (Wildman–Crippen MR) is 71.3 cm³/mol. The molecule has 1 heterocycles. The smallest absolute Gasteiger partial charge is 0.319 e. The van der Waals surface area contributed by atoms with Gasteiger partial charge in [0.1, 0.15) is 10.5 Å². The van der Waals surface area contributed by atoms with Crippen LogP contribution in [-0.4, -0.2) is 62.9 Å². The predicted octanol–water partition coefficient (Wildman–Crippen LogP) is 0.0916. The Morgan fingerprint density at radius 3 is 2.16 bits per heavy atom. The van der Waals surface area contributed by atoms with Crippen molar-refractivity contribution >= 4 is 22.7 Å². The molecular formula is C12H21NO5S. The minimum absolute atomic E-state index is 0.256. The number of carbonyl (C=O) groups excluding carboxylic acids is 1. The lowest BCUT2D eigenvalue weighted by atomic mass is 10.1. The highest BCUT2D eigenvalue weighted by atomic mass is 32.2. The fraction of sp³-hybridized carbons (Fsp3) is 0.833. The van der Waals surface area contributed by atoms with E-state index in [1.54, 1.807) is 18.7 Å². The molecule has 7 heteroatoms. The lowest BCUT2D eigenvalue weighted by molar-refractivity contribution is -0.137. The molecule has 0 bridgehead atoms. The molecule has 0 aliphatic carbocycles. The highest BCUT2D eigenvalue weighted by Gasteiger charge is 2.36. The maximum absolute atomic E-state index is 12.3. The zero-order valence-electron chi connectivity index (χ0n) is 11.5. The first-order valence-corrected chi connectivity index (χ1v) is 7.62. The first-order chi connectivity index (χ1) is 8.86. The molecule has 1 aliphatic rings. The largest absolute Gasteiger partial charge is 0.480 e. The molecule has 1 saturated heterocycles. The lowest BCUT2D eigenvalue weighted by Crippen LogP contribution is -2.48. The van der Waals surface area contributed by atoms with Crippen molar-refractivity contribution in [3.8, 4) is 0 Å². The summed E-state index contributed by atoms with van der Waals surface area (Å²) < 4.78 is 17.4. The van der Waals surface area contributed by atoms with Gasteiger partial charge >= 0.3 is 5.97 Å². The highest BCUT2D eigenvalue weighted by Crippen LogP contribution is 2.16. The van der Waals surface area contributed by atoms with Gasteiger partial charge in [0, 0.05) is 23.9 Å². The quantitative estimate of drug-likeness (QED) is 0.776. The minimum Gasteiger partial charge on any atom is -0.480 e. The number of hydrogen-bond acceptors (Lipinski definition) is 4. The summed E-state index contributed by atoms with van der Waals surface area (Å²) in [7, 11) is -1.73. The van der Waals surface area contributed by atoms with Gasteiger partial charge in [0.15, 0.2) is 0 Å². The Bertz CT molecular complexity index is 365. The van der Waals surface area contributed by atoms with Crippen molar-refractivity contribution in [2.45, 2.75) is 31.3 Å². The molecule has 1 amide bonds. The lowest BCUT2D eigenvalue weighted by Gasteiger charge is -2.30. The molecule has 110 valence electrons. The first-order valence-electron chi connectivity index (χ1n) is 6.35. The number of nitrogens with zero attached hydrogens (tertiary/aromatic N) is 1. The average molecular weight is 291 g/mol. The first kappa shape index (κ1) is 16.1. The van der Waals surface area contributed by atoms with Gasteiger partial charge in [-0.25, -0.2) is 0 Å². The Balaban J connectivity index is 2.74. The van der Waals surface area contributed by atoms with E-state index in [-0.39, 0.29) is 11.8 Å². The number of morpholine rings is 1. The summed E-state index contributed by atoms with van der Waals surface area (Å²) in [6.07, 6.45) is 0. The Kier molecular flexibility index (Phi) is 5.93. The van der Waals surface area contributed by atoms with Crippen molar-refractivity contribution in [1.29, 1.82) is 0 Å². The van der Waals surface area contributed by atoms with Crippen LogP contribution in [0, 0.1) is 5.92 Å². The Hall–Kier alpha value is -0.950. The van der Waals surface area contributed by atoms with Crippen LogP contribution in [0.3, 0.4) is 0 Å². The summed E-state index contributed by atoms with van der Waals surface area (Å²) in [5, 5.41) is 7.30. The van der Waals surface area contributed by atoms with E-state index in [4.69, 9.17) is 9.84 Å². The molecule has 3 atom stereocenters. The Labute approximate surface area is 115 Å². The second-order valence-electron chi connectivity index (χ2n) is 4.91. The molecule has 0 radical (unpaired) electrons. The van der Waals surface area contributed by atoms with Gasteiger partial charge in [0.2, 0.25) is 5.91 Å². The van der Waals surface area contributed by atoms with Crippen LogP contribution in [-0.2, 0) is 25.1 Å². The van der Waals surface area contributed by atoms with Crippen LogP contribution in [0.5, 0.6) is 0 Å². The summed E-state index contributed by atoms with van der Waals surface area (Å²) >= 11 is 0. The summed E-state index contributed by atoms with van der Waals surface area (Å²) in [6, 6.07) is 0. The fourth-order valence-electron chi connectivity index (χ4n) is 2.01. The molecular weight excluding hydrogens is 270 g/mol. The summed E-state index contributed by atoms with van der Waals surface area (Å²) in [4.78, 5) is 24.9. The number of amides is 1. The average Bonchev–Trinajstić information content (AvgIpc) is 2.37. The van der Waals surface area contributed by atoms with Crippen LogP contribution in [0.4, 0.5) is 0 Å². The van der Waals surface area contributed by atoms with Crippen molar-refractivity contribution in [3.63, 3.8) is 0 Å². The molecule has 1 aliphatic heterocycles. The number of rotatable bonds is 5. The molecule has 0 aromatic carbocycles. The zero-order valence-corrected chi connectivity index (χ0v) is 12.3. The number of aliphatic carboxylic acids is 1. The van der Waals surface area contributed by atoms with Crippen LogP contribution < -0.4 is 0 Å². The van der Waals surface area contributed by atoms with Crippen LogP contribution in [0.25, 0.3) is 0 Å². The number of ether oxygens (including phenoxy) is 1. The van der Waals surface area contributed by atoms with Crippen molar-refractivity contribution < 1.29 is 23.6 Å². The second kappa shape index (κ2) is 7.00. The topological polar surface area (TPSA) is 83.9 Å². The second-order valence-corrected chi connectivity index (χ2v) is 6.78. The molecule has 0 aromatic rings. The van der Waals surface area contributed by atoms with Gasteiger partial charge in [0.25, 0.3) is 0 Å². The summed E-state index contributed by atoms with van der Waals surface area (Å²) in [5.74, 6) is -1.65. The third-order valence-electron chi connectivity index (χ3n) is 3.12. The van der Waals surface area contributed by atoms with Gasteiger partial charge < -0.3 is 14.7 Å². The summed E-state index contributed by atoms with van der Waals surface area (Å²) in [5.41, 5.74) is 0. The van der Waals surface area contributed by atoms with Crippen molar-refractivity contribution in [1.82, 2.24) is 4.90 Å². The molecule has 0 aromatic heterocycles. The third-order valence-corrected chi connectivity index (χ3v) is 5.26. The van der Waals surface area contributed by atoms with Crippen LogP contribution in [0.2, 0.25) is 0 Å². The SMILES string of the molecule is CC(C)C(C(=O)O)S(=O)C(C)C(=O)N1CCOCC1. The number of carbonyl (C=O) groups is 2. The maximum Gasteiger partial charge on any atom is 0.319 e. The molecule has 1 fully saturated rings. The van der Waals surface area contributed by atoms with E-state index >= 15 is 0 Å². The molecule has 0 spiro atoms. The third kappa shape index (κ3) is 4.01. The number of carboxylic acids is 1. The standard InChI is InChI=1S/C12H21NO5S/c1-8(2)10(12(15)16)19(17)9(3)11(14)13-4-6-18-7-5-13/h8-10H,4-7H2,1-3H3,(H,15,16). The fourth-order valence-corrected chi connectivity index (χ4v) is 3.54. The van der Waals surface area contributed by atoms with Crippen molar-refractivity contribution in [3.05, 3.63) is 0 Å². The Morgan fingerprint density at radius 2 is 1.74 bits per heavy atom. The van der Waals surface area contributed by atoms with E-state index in [0.29, 0.717) is 26.3 Å². The van der Waals surface area contributed by atoms with Gasteiger partial charge in [-0.2, -0.15) is 0 Å². The van der Waals surface area contributed by atoms with Gasteiger partial charge in [-0.05, 0) is 12.8 Å². The molecule has 1 N–H and O–H groups in total. The molecule has 3 unspecified atom stereocenters. The van der Waals surface area contributed by atoms with E-state index < -0.39 is 27.3 Å². The summed E-state index contributed by atoms with van der Waals surface area (Å²) in [6.45, 7) is 6.81. The Morgan fingerprint density at radius 1 is 1.21 bits per heavy atom. The van der Waals surface area contributed by atoms with Crippen LogP contribution in [0.15, 0.2) is 0 Å². The van der Waals surface area contributed by atoms with E-state index in [2.05, 4.69) is 0 Å². The van der Waals surface area contributed by atoms with Crippen molar-refractivity contribution in [2.24, 2.45) is 5.92 Å². The van der Waals surface area contributed by atoms with E-state index in [0.717, 1.165) is 0 Å². The molecule has 6 nitrogen and oxygen atoms in total. The van der Waals surface area contributed by atoms with E-state index in [1.165, 1.54) is 6.92 Å². The van der Waals surface area contributed by atoms with Crippen LogP contribution >= 0.6 is 0 Å². The monoisotopic (exact) mass is 291 g/mol. The van der Waals surface area contributed by atoms with Gasteiger partial charge in [-0.1, -0.05) is 13.8 Å². The normalized spacial score (nSPS) is 20.9. The number of hydrogen-bond donors (Lipinski definition) is 1. The van der Waals surface area contributed by atoms with Crippen LogP contribution in [0.1, 0.15) is 20.8 Å². The van der Waals surface area contributed by atoms with Crippen molar-refractivity contribution in [2.75, 3.05) is 26.3 Å². The highest BCUT2D eigenvalue weighted by molar-refractivity contribution is 7.87. The molecule has 19 heavy (non-hydrogen) atoms. The van der Waals surface area contributed by atoms with Gasteiger partial charge in [-0.15, -0.1) is 0 Å². The minimum atomic E-state index is -1.73. The van der Waals surface area contributed by atoms with E-state index in [9.17, 15) is 13.8 Å². The zero-order chi connectivity index (χ0) is 14.6. The molecule has 1 rings (SSSR count). The number of carboxylic acid groups (broad SMARTS) is 1. The van der Waals surface area contributed by atoms with E-state index in [1.807, 2.05) is 0 Å². The molecule has 0 saturated carbocycles. The van der Waals surface area contributed by atoms with Gasteiger partial charge in [0.05, 0.1) is 13.2 Å². The maximum atomic E-state index is 12.3. The van der Waals surface area contributed by atoms with Gasteiger partial charge in [-0.3, -0.25) is 13.8 Å².